The van der Waals surface area contributed by atoms with E-state index >= 15 is 0 Å². The average Bonchev–Trinajstić information content (AvgIpc) is 2.77. The Morgan fingerprint density at radius 3 is 2.10 bits per heavy atom. The largest absolute Gasteiger partial charge is 0.508 e. The lowest BCUT2D eigenvalue weighted by Gasteiger charge is -2.01. The topological polar surface area (TPSA) is 69.9 Å². The predicted molar refractivity (Wildman–Crippen MR) is 132 cm³/mol. The van der Waals surface area contributed by atoms with Crippen molar-refractivity contribution in [1.82, 2.24) is 0 Å². The van der Waals surface area contributed by atoms with Crippen molar-refractivity contribution in [3.8, 4) is 17.2 Å². The first-order valence-electron chi connectivity index (χ1n) is 10.3. The lowest BCUT2D eigenvalue weighted by molar-refractivity contribution is 0.195. The number of benzene rings is 2. The summed E-state index contributed by atoms with van der Waals surface area (Å²) in [6.07, 6.45) is 11.1. The molecular formula is C27H36O4. The summed E-state index contributed by atoms with van der Waals surface area (Å²) in [4.78, 5) is 0. The van der Waals surface area contributed by atoms with Gasteiger partial charge in [0, 0.05) is 13.7 Å². The highest BCUT2D eigenvalue weighted by atomic mass is 16.5. The number of ether oxygens (including phenoxy) is 1. The summed E-state index contributed by atoms with van der Waals surface area (Å²) in [6.45, 7) is 14.1. The van der Waals surface area contributed by atoms with Crippen LogP contribution in [0.15, 0.2) is 73.4 Å². The van der Waals surface area contributed by atoms with Crippen LogP contribution < -0.4 is 0 Å². The van der Waals surface area contributed by atoms with Gasteiger partial charge in [0.2, 0.25) is 0 Å². The molecule has 4 heteroatoms. The van der Waals surface area contributed by atoms with Crippen molar-refractivity contribution in [2.24, 2.45) is 0 Å². The zero-order valence-electron chi connectivity index (χ0n) is 19.1. The van der Waals surface area contributed by atoms with E-state index in [0.717, 1.165) is 41.7 Å². The zero-order chi connectivity index (χ0) is 23.6. The molecule has 0 aromatic heterocycles. The Labute approximate surface area is 187 Å². The summed E-state index contributed by atoms with van der Waals surface area (Å²) in [5.74, 6) is 0.115. The van der Waals surface area contributed by atoms with Gasteiger partial charge in [-0.25, -0.2) is 0 Å². The maximum atomic E-state index is 9.32. The normalized spacial score (nSPS) is 10.2. The summed E-state index contributed by atoms with van der Waals surface area (Å²) in [7, 11) is 1.68. The van der Waals surface area contributed by atoms with Crippen LogP contribution in [0.2, 0.25) is 0 Å². The smallest absolute Gasteiger partial charge is 0.157 e. The molecule has 0 spiro atoms. The summed E-state index contributed by atoms with van der Waals surface area (Å²) >= 11 is 0. The Bertz CT molecular complexity index is 864. The van der Waals surface area contributed by atoms with Crippen molar-refractivity contribution in [3.63, 3.8) is 0 Å². The Hall–Kier alpha value is -3.24. The molecule has 0 unspecified atom stereocenters. The Kier molecular flexibility index (Phi) is 14.8. The van der Waals surface area contributed by atoms with Crippen molar-refractivity contribution in [2.45, 2.75) is 33.6 Å². The molecule has 168 valence electrons. The highest BCUT2D eigenvalue weighted by molar-refractivity contribution is 5.57. The first-order valence-corrected chi connectivity index (χ1v) is 10.3. The minimum absolute atomic E-state index is 0.110. The van der Waals surface area contributed by atoms with Crippen LogP contribution in [0.5, 0.6) is 17.2 Å². The van der Waals surface area contributed by atoms with E-state index in [1.807, 2.05) is 57.2 Å². The van der Waals surface area contributed by atoms with Gasteiger partial charge in [-0.1, -0.05) is 75.1 Å². The van der Waals surface area contributed by atoms with Gasteiger partial charge in [-0.15, -0.1) is 0 Å². The molecule has 0 bridgehead atoms. The molecular weight excluding hydrogens is 388 g/mol. The molecule has 0 fully saturated rings. The first-order chi connectivity index (χ1) is 14.9. The second-order valence-corrected chi connectivity index (χ2v) is 6.48. The van der Waals surface area contributed by atoms with E-state index < -0.39 is 0 Å². The summed E-state index contributed by atoms with van der Waals surface area (Å²) < 4.78 is 4.96. The molecule has 2 aromatic carbocycles. The van der Waals surface area contributed by atoms with E-state index in [2.05, 4.69) is 13.2 Å². The fraction of sp³-hybridized carbons (Fsp3) is 0.259. The number of allylic oxidation sites excluding steroid dienone is 4. The molecule has 0 aliphatic carbocycles. The van der Waals surface area contributed by atoms with Gasteiger partial charge in [0.05, 0.1) is 0 Å². The molecule has 0 atom stereocenters. The standard InChI is InChI=1S/C14H18O3.C11H12O.C2H6/c1-11(4-3-9-17-2)5-6-12-7-8-13(15)14(16)10-12;1-3-4-5-10-6-7-11(12)9(2)8-10;1-2/h5-8,10,15-16H,1,3-4,9H2,2H3;3-8,12H,1H2,2H3;1-2H3/b6-5+;5-4+;. The summed E-state index contributed by atoms with van der Waals surface area (Å²) in [6, 6.07) is 10.2. The van der Waals surface area contributed by atoms with Gasteiger partial charge in [0.25, 0.3) is 0 Å². The lowest BCUT2D eigenvalue weighted by atomic mass is 10.1. The number of aryl methyl sites for hydroxylation is 1. The Morgan fingerprint density at radius 1 is 0.935 bits per heavy atom. The lowest BCUT2D eigenvalue weighted by Crippen LogP contribution is -1.88. The van der Waals surface area contributed by atoms with Crippen LogP contribution in [-0.4, -0.2) is 29.0 Å². The van der Waals surface area contributed by atoms with Gasteiger partial charge in [-0.3, -0.25) is 0 Å². The van der Waals surface area contributed by atoms with Crippen LogP contribution in [-0.2, 0) is 4.74 Å². The van der Waals surface area contributed by atoms with E-state index in [1.54, 1.807) is 25.3 Å². The molecule has 0 aliphatic heterocycles. The van der Waals surface area contributed by atoms with Gasteiger partial charge >= 0.3 is 0 Å². The van der Waals surface area contributed by atoms with Crippen molar-refractivity contribution >= 4 is 12.2 Å². The SMILES string of the molecule is C=C(/C=C/c1ccc(O)c(O)c1)CCCOC.C=C/C=C/c1ccc(O)c(C)c1.CC. The third kappa shape index (κ3) is 12.1. The van der Waals surface area contributed by atoms with Gasteiger partial charge in [-0.05, 0) is 60.7 Å². The van der Waals surface area contributed by atoms with E-state index in [-0.39, 0.29) is 11.5 Å². The average molecular weight is 425 g/mol. The molecule has 2 rings (SSSR count). The van der Waals surface area contributed by atoms with E-state index in [9.17, 15) is 10.2 Å². The predicted octanol–water partition coefficient (Wildman–Crippen LogP) is 7.02. The Morgan fingerprint density at radius 2 is 1.55 bits per heavy atom. The zero-order valence-corrected chi connectivity index (χ0v) is 19.1. The molecule has 3 N–H and O–H groups in total. The summed E-state index contributed by atoms with van der Waals surface area (Å²) in [5, 5.41) is 27.7. The number of hydrogen-bond donors (Lipinski definition) is 3. The molecule has 0 saturated heterocycles. The third-order valence-corrected chi connectivity index (χ3v) is 4.00. The Balaban J connectivity index is 0.000000564. The van der Waals surface area contributed by atoms with Crippen LogP contribution in [0.1, 0.15) is 43.4 Å². The molecule has 4 nitrogen and oxygen atoms in total. The van der Waals surface area contributed by atoms with Gasteiger partial charge < -0.3 is 20.1 Å². The minimum Gasteiger partial charge on any atom is -0.508 e. The van der Waals surface area contributed by atoms with Crippen LogP contribution in [0.4, 0.5) is 0 Å². The summed E-state index contributed by atoms with van der Waals surface area (Å²) in [5.41, 5.74) is 3.80. The van der Waals surface area contributed by atoms with Crippen LogP contribution in [0.3, 0.4) is 0 Å². The van der Waals surface area contributed by atoms with Crippen molar-refractivity contribution < 1.29 is 20.1 Å². The number of rotatable bonds is 8. The third-order valence-electron chi connectivity index (χ3n) is 4.00. The fourth-order valence-electron chi connectivity index (χ4n) is 2.35. The second-order valence-electron chi connectivity index (χ2n) is 6.48. The van der Waals surface area contributed by atoms with Crippen molar-refractivity contribution in [1.29, 1.82) is 0 Å². The number of hydrogen-bond acceptors (Lipinski definition) is 4. The van der Waals surface area contributed by atoms with Crippen molar-refractivity contribution in [2.75, 3.05) is 13.7 Å². The number of phenolic OH excluding ortho intramolecular Hbond substituents is 3. The molecule has 2 aromatic rings. The molecule has 31 heavy (non-hydrogen) atoms. The van der Waals surface area contributed by atoms with E-state index in [0.29, 0.717) is 5.75 Å². The molecule has 0 saturated carbocycles. The molecule has 0 heterocycles. The van der Waals surface area contributed by atoms with Crippen LogP contribution in [0, 0.1) is 6.92 Å². The number of methoxy groups -OCH3 is 1. The monoisotopic (exact) mass is 424 g/mol. The molecule has 0 radical (unpaired) electrons. The number of aromatic hydroxyl groups is 3. The first kappa shape index (κ1) is 27.8. The highest BCUT2D eigenvalue weighted by Crippen LogP contribution is 2.25. The van der Waals surface area contributed by atoms with Gasteiger partial charge in [-0.2, -0.15) is 0 Å². The fourth-order valence-corrected chi connectivity index (χ4v) is 2.35. The number of phenols is 3. The minimum atomic E-state index is -0.114. The maximum Gasteiger partial charge on any atom is 0.157 e. The quantitative estimate of drug-likeness (QED) is 0.242. The molecule has 0 amide bonds. The highest BCUT2D eigenvalue weighted by Gasteiger charge is 1.98. The van der Waals surface area contributed by atoms with Crippen LogP contribution >= 0.6 is 0 Å². The maximum absolute atomic E-state index is 9.32. The van der Waals surface area contributed by atoms with Gasteiger partial charge in [0.1, 0.15) is 5.75 Å². The van der Waals surface area contributed by atoms with Crippen LogP contribution in [0.25, 0.3) is 12.2 Å². The van der Waals surface area contributed by atoms with E-state index in [4.69, 9.17) is 9.84 Å². The van der Waals surface area contributed by atoms with E-state index in [1.165, 1.54) is 12.1 Å². The second kappa shape index (κ2) is 16.5. The molecule has 0 aliphatic rings. The van der Waals surface area contributed by atoms with Gasteiger partial charge in [0.15, 0.2) is 11.5 Å². The van der Waals surface area contributed by atoms with Crippen molar-refractivity contribution in [3.05, 3.63) is 90.0 Å².